The zero-order chi connectivity index (χ0) is 16.8. The minimum absolute atomic E-state index is 0. The van der Waals surface area contributed by atoms with E-state index < -0.39 is 0 Å². The van der Waals surface area contributed by atoms with E-state index in [-0.39, 0.29) is 42.0 Å². The molecule has 1 amide bonds. The monoisotopic (exact) mass is 453 g/mol. The number of rotatable bonds is 5. The molecule has 1 heterocycles. The molecule has 0 radical (unpaired) electrons. The molecule has 0 spiro atoms. The van der Waals surface area contributed by atoms with E-state index in [2.05, 4.69) is 25.9 Å². The van der Waals surface area contributed by atoms with Crippen molar-refractivity contribution in [1.29, 1.82) is 0 Å². The summed E-state index contributed by atoms with van der Waals surface area (Å²) in [6.45, 7) is 13.4. The Morgan fingerprint density at radius 2 is 1.91 bits per heavy atom. The van der Waals surface area contributed by atoms with Gasteiger partial charge in [-0.15, -0.1) is 35.3 Å². The molecule has 132 valence electrons. The first kappa shape index (κ1) is 22.1. The maximum atomic E-state index is 11.8. The van der Waals surface area contributed by atoms with E-state index in [0.717, 1.165) is 17.2 Å². The lowest BCUT2D eigenvalue weighted by Crippen LogP contribution is -2.43. The summed E-state index contributed by atoms with van der Waals surface area (Å²) in [6, 6.07) is 0. The molecule has 8 heteroatoms. The highest BCUT2D eigenvalue weighted by Crippen LogP contribution is 2.16. The van der Waals surface area contributed by atoms with Gasteiger partial charge in [-0.3, -0.25) is 4.79 Å². The summed E-state index contributed by atoms with van der Waals surface area (Å²) in [6.07, 6.45) is 0. The van der Waals surface area contributed by atoms with E-state index in [9.17, 15) is 4.79 Å². The number of halogens is 1. The number of carbonyl (C=O) groups excluding carboxylic acids is 1. The van der Waals surface area contributed by atoms with Crippen LogP contribution in [-0.4, -0.2) is 35.5 Å². The number of hydrogen-bond acceptors (Lipinski definition) is 4. The third-order valence-corrected chi connectivity index (χ3v) is 3.73. The van der Waals surface area contributed by atoms with Gasteiger partial charge in [0.15, 0.2) is 5.96 Å². The Bertz CT molecular complexity index is 536. The van der Waals surface area contributed by atoms with Crippen LogP contribution in [0.3, 0.4) is 0 Å². The number of carbonyl (C=O) groups is 1. The van der Waals surface area contributed by atoms with Crippen molar-refractivity contribution in [3.05, 3.63) is 15.6 Å². The maximum absolute atomic E-state index is 11.8. The first-order valence-corrected chi connectivity index (χ1v) is 8.29. The van der Waals surface area contributed by atoms with E-state index in [0.29, 0.717) is 12.5 Å². The number of hydrogen-bond donors (Lipinski definition) is 3. The summed E-state index contributed by atoms with van der Waals surface area (Å²) in [5.41, 5.74) is 0.798. The summed E-state index contributed by atoms with van der Waals surface area (Å²) < 4.78 is 0. The number of aliphatic imine (C=N–C) groups is 1. The standard InChI is InChI=1S/C15H27N5OS.HI/c1-7-16-14(18-9-13(21)20-15(4,5)6)17-8-12-10(2)19-11(3)22-12;/h7-9H2,1-6H3,(H,20,21)(H2,16,17,18);1H. The molecule has 0 aliphatic carbocycles. The van der Waals surface area contributed by atoms with E-state index in [1.165, 1.54) is 4.88 Å². The normalized spacial score (nSPS) is 11.7. The van der Waals surface area contributed by atoms with Crippen LogP contribution in [0.1, 0.15) is 43.3 Å². The Morgan fingerprint density at radius 1 is 1.26 bits per heavy atom. The van der Waals surface area contributed by atoms with Gasteiger partial charge in [-0.05, 0) is 41.5 Å². The fourth-order valence-corrected chi connectivity index (χ4v) is 2.73. The summed E-state index contributed by atoms with van der Waals surface area (Å²) in [5.74, 6) is 0.548. The number of amides is 1. The van der Waals surface area contributed by atoms with Gasteiger partial charge >= 0.3 is 0 Å². The maximum Gasteiger partial charge on any atom is 0.242 e. The molecular formula is C15H28IN5OS. The van der Waals surface area contributed by atoms with Crippen LogP contribution in [-0.2, 0) is 11.3 Å². The second-order valence-corrected chi connectivity index (χ2v) is 7.38. The van der Waals surface area contributed by atoms with Crippen LogP contribution in [0.15, 0.2) is 4.99 Å². The summed E-state index contributed by atoms with van der Waals surface area (Å²) >= 11 is 1.67. The fraction of sp³-hybridized carbons (Fsp3) is 0.667. The molecule has 6 nitrogen and oxygen atoms in total. The Labute approximate surface area is 160 Å². The van der Waals surface area contributed by atoms with Crippen LogP contribution in [0.4, 0.5) is 0 Å². The molecule has 0 atom stereocenters. The molecule has 0 aliphatic rings. The Hall–Kier alpha value is -0.900. The van der Waals surface area contributed by atoms with E-state index in [1.807, 2.05) is 41.5 Å². The number of aryl methyl sites for hydroxylation is 2. The highest BCUT2D eigenvalue weighted by Gasteiger charge is 2.13. The van der Waals surface area contributed by atoms with Gasteiger partial charge in [0.25, 0.3) is 0 Å². The predicted octanol–water partition coefficient (Wildman–Crippen LogP) is 2.35. The SMILES string of the molecule is CCNC(=NCC(=O)NC(C)(C)C)NCc1sc(C)nc1C.I. The quantitative estimate of drug-likeness (QED) is 0.364. The molecule has 3 N–H and O–H groups in total. The van der Waals surface area contributed by atoms with Crippen molar-refractivity contribution in [2.24, 2.45) is 4.99 Å². The van der Waals surface area contributed by atoms with Gasteiger partial charge in [-0.25, -0.2) is 9.98 Å². The number of nitrogens with zero attached hydrogens (tertiary/aromatic N) is 2. The second-order valence-electron chi connectivity index (χ2n) is 6.09. The largest absolute Gasteiger partial charge is 0.357 e. The molecule has 0 bridgehead atoms. The molecule has 1 aromatic heterocycles. The van der Waals surface area contributed by atoms with Crippen LogP contribution < -0.4 is 16.0 Å². The van der Waals surface area contributed by atoms with Crippen molar-refractivity contribution < 1.29 is 4.79 Å². The molecule has 0 unspecified atom stereocenters. The van der Waals surface area contributed by atoms with Gasteiger partial charge in [0, 0.05) is 17.0 Å². The Balaban J connectivity index is 0.00000484. The van der Waals surface area contributed by atoms with Gasteiger partial charge in [0.1, 0.15) is 6.54 Å². The van der Waals surface area contributed by atoms with Crippen molar-refractivity contribution in [2.75, 3.05) is 13.1 Å². The molecule has 1 rings (SSSR count). The average molecular weight is 453 g/mol. The van der Waals surface area contributed by atoms with Crippen LogP contribution >= 0.6 is 35.3 Å². The van der Waals surface area contributed by atoms with Gasteiger partial charge in [-0.1, -0.05) is 0 Å². The second kappa shape index (κ2) is 10.1. The highest BCUT2D eigenvalue weighted by molar-refractivity contribution is 14.0. The zero-order valence-electron chi connectivity index (χ0n) is 14.7. The minimum Gasteiger partial charge on any atom is -0.357 e. The predicted molar refractivity (Wildman–Crippen MR) is 108 cm³/mol. The van der Waals surface area contributed by atoms with Crippen molar-refractivity contribution in [2.45, 2.75) is 53.6 Å². The van der Waals surface area contributed by atoms with Crippen LogP contribution in [0.25, 0.3) is 0 Å². The Morgan fingerprint density at radius 3 is 2.39 bits per heavy atom. The molecule has 0 aliphatic heterocycles. The van der Waals surface area contributed by atoms with Crippen molar-refractivity contribution in [3.8, 4) is 0 Å². The summed E-state index contributed by atoms with van der Waals surface area (Å²) in [5, 5.41) is 10.3. The van der Waals surface area contributed by atoms with Crippen LogP contribution in [0.5, 0.6) is 0 Å². The van der Waals surface area contributed by atoms with Crippen molar-refractivity contribution in [3.63, 3.8) is 0 Å². The first-order chi connectivity index (χ1) is 10.2. The van der Waals surface area contributed by atoms with Crippen molar-refractivity contribution in [1.82, 2.24) is 20.9 Å². The van der Waals surface area contributed by atoms with Gasteiger partial charge < -0.3 is 16.0 Å². The average Bonchev–Trinajstić information content (AvgIpc) is 2.69. The molecule has 0 aromatic carbocycles. The van der Waals surface area contributed by atoms with Gasteiger partial charge in [0.05, 0.1) is 17.2 Å². The zero-order valence-corrected chi connectivity index (χ0v) is 17.9. The topological polar surface area (TPSA) is 78.4 Å². The number of nitrogens with one attached hydrogen (secondary N) is 3. The molecule has 0 saturated heterocycles. The Kier molecular flexibility index (Phi) is 9.67. The smallest absolute Gasteiger partial charge is 0.242 e. The molecular weight excluding hydrogens is 425 g/mol. The fourth-order valence-electron chi connectivity index (χ4n) is 1.85. The molecule has 23 heavy (non-hydrogen) atoms. The lowest BCUT2D eigenvalue weighted by atomic mass is 10.1. The van der Waals surface area contributed by atoms with E-state index in [1.54, 1.807) is 11.3 Å². The molecule has 0 fully saturated rings. The minimum atomic E-state index is -0.240. The van der Waals surface area contributed by atoms with Crippen molar-refractivity contribution >= 4 is 47.2 Å². The van der Waals surface area contributed by atoms with Gasteiger partial charge in [-0.2, -0.15) is 0 Å². The lowest BCUT2D eigenvalue weighted by Gasteiger charge is -2.20. The van der Waals surface area contributed by atoms with Gasteiger partial charge in [0.2, 0.25) is 5.91 Å². The van der Waals surface area contributed by atoms with E-state index >= 15 is 0 Å². The third-order valence-electron chi connectivity index (χ3n) is 2.66. The van der Waals surface area contributed by atoms with E-state index in [4.69, 9.17) is 0 Å². The number of guanidine groups is 1. The summed E-state index contributed by atoms with van der Waals surface area (Å²) in [7, 11) is 0. The van der Waals surface area contributed by atoms with Crippen LogP contribution in [0.2, 0.25) is 0 Å². The highest BCUT2D eigenvalue weighted by atomic mass is 127. The summed E-state index contributed by atoms with van der Waals surface area (Å²) in [4.78, 5) is 21.7. The molecule has 1 aromatic rings. The lowest BCUT2D eigenvalue weighted by molar-refractivity contribution is -0.121. The number of thiazole rings is 1. The van der Waals surface area contributed by atoms with Crippen LogP contribution in [0, 0.1) is 13.8 Å². The molecule has 0 saturated carbocycles. The number of aromatic nitrogens is 1. The third kappa shape index (κ3) is 9.09. The first-order valence-electron chi connectivity index (χ1n) is 7.47.